The van der Waals surface area contributed by atoms with Gasteiger partial charge in [-0.25, -0.2) is 4.39 Å². The van der Waals surface area contributed by atoms with Crippen LogP contribution in [0, 0.1) is 5.82 Å². The number of aromatic nitrogens is 4. The fraction of sp³-hybridized carbons (Fsp3) is 0.111. The lowest BCUT2D eigenvalue weighted by Crippen LogP contribution is -2.13. The van der Waals surface area contributed by atoms with Crippen molar-refractivity contribution in [3.05, 3.63) is 71.4 Å². The van der Waals surface area contributed by atoms with Gasteiger partial charge in [-0.3, -0.25) is 4.98 Å². The lowest BCUT2D eigenvalue weighted by molar-refractivity contribution is 0.302. The summed E-state index contributed by atoms with van der Waals surface area (Å²) in [5, 5.41) is 21.2. The summed E-state index contributed by atoms with van der Waals surface area (Å²) in [5.74, 6) is 0.294. The van der Waals surface area contributed by atoms with Crippen LogP contribution in [0.5, 0.6) is 0 Å². The van der Waals surface area contributed by atoms with Crippen LogP contribution in [0.4, 0.5) is 4.39 Å². The first kappa shape index (κ1) is 15.9. The molecule has 1 aromatic carbocycles. The quantitative estimate of drug-likeness (QED) is 0.453. The van der Waals surface area contributed by atoms with Crippen LogP contribution in [-0.4, -0.2) is 25.0 Å². The molecule has 0 bridgehead atoms. The van der Waals surface area contributed by atoms with E-state index in [4.69, 9.17) is 4.42 Å². The van der Waals surface area contributed by atoms with Crippen LogP contribution in [0.25, 0.3) is 22.5 Å². The maximum atomic E-state index is 13.0. The first-order valence-corrected chi connectivity index (χ1v) is 7.85. The van der Waals surface area contributed by atoms with E-state index in [0.717, 1.165) is 11.1 Å². The van der Waals surface area contributed by atoms with Gasteiger partial charge in [-0.2, -0.15) is 0 Å². The summed E-state index contributed by atoms with van der Waals surface area (Å²) in [6.07, 6.45) is 3.74. The van der Waals surface area contributed by atoms with Gasteiger partial charge in [0.15, 0.2) is 0 Å². The Morgan fingerprint density at radius 1 is 1.19 bits per heavy atom. The molecule has 4 aromatic rings. The third-order valence-electron chi connectivity index (χ3n) is 4.03. The molecule has 0 amide bonds. The average molecular weight is 351 g/mol. The number of hydrogen-bond donors (Lipinski definition) is 1. The van der Waals surface area contributed by atoms with Gasteiger partial charge >= 0.3 is 0 Å². The molecule has 0 radical (unpaired) electrons. The average Bonchev–Trinajstić information content (AvgIpc) is 3.12. The molecule has 26 heavy (non-hydrogen) atoms. The lowest BCUT2D eigenvalue weighted by atomic mass is 10.1. The van der Waals surface area contributed by atoms with Crippen molar-refractivity contribution in [1.29, 1.82) is 0 Å². The minimum Gasteiger partial charge on any atom is -0.420 e. The maximum absolute atomic E-state index is 13.0. The highest BCUT2D eigenvalue weighted by atomic mass is 19.1. The monoisotopic (exact) mass is 351 g/mol. The minimum atomic E-state index is -0.301. The molecule has 3 aromatic heterocycles. The number of pyridine rings is 2. The van der Waals surface area contributed by atoms with Crippen LogP contribution in [-0.2, 0) is 13.5 Å². The van der Waals surface area contributed by atoms with Crippen molar-refractivity contribution < 1.29 is 14.0 Å². The Morgan fingerprint density at radius 2 is 2.00 bits per heavy atom. The fourth-order valence-corrected chi connectivity index (χ4v) is 2.78. The summed E-state index contributed by atoms with van der Waals surface area (Å²) in [6, 6.07) is 9.75. The molecular formula is C18H14FN5O2. The van der Waals surface area contributed by atoms with Crippen molar-refractivity contribution in [3.8, 4) is 11.5 Å². The second-order valence-corrected chi connectivity index (χ2v) is 5.78. The molecule has 0 atom stereocenters. The Hall–Kier alpha value is -3.55. The largest absolute Gasteiger partial charge is 0.420 e. The molecule has 130 valence electrons. The van der Waals surface area contributed by atoms with Crippen molar-refractivity contribution >= 4 is 11.0 Å². The van der Waals surface area contributed by atoms with Crippen LogP contribution >= 0.6 is 0 Å². The van der Waals surface area contributed by atoms with Crippen molar-refractivity contribution in [2.75, 3.05) is 0 Å². The second-order valence-electron chi connectivity index (χ2n) is 5.78. The molecule has 1 N–H and O–H groups in total. The van der Waals surface area contributed by atoms with Gasteiger partial charge in [0, 0.05) is 19.4 Å². The highest BCUT2D eigenvalue weighted by Gasteiger charge is 2.15. The molecule has 0 saturated heterocycles. The fourth-order valence-electron chi connectivity index (χ4n) is 2.78. The van der Waals surface area contributed by atoms with Crippen LogP contribution < -0.4 is 5.36 Å². The van der Waals surface area contributed by atoms with E-state index in [1.807, 2.05) is 17.7 Å². The Balaban J connectivity index is 1.77. The van der Waals surface area contributed by atoms with E-state index >= 15 is 0 Å². The Morgan fingerprint density at radius 3 is 2.77 bits per heavy atom. The van der Waals surface area contributed by atoms with E-state index in [1.165, 1.54) is 12.1 Å². The molecule has 7 nitrogen and oxygen atoms in total. The number of halogens is 1. The normalized spacial score (nSPS) is 12.0. The van der Waals surface area contributed by atoms with Crippen molar-refractivity contribution in [1.82, 2.24) is 19.7 Å². The number of benzene rings is 1. The summed E-state index contributed by atoms with van der Waals surface area (Å²) in [7, 11) is 1.85. The number of fused-ring (bicyclic) bond motifs is 1. The molecule has 0 aliphatic rings. The molecule has 4 rings (SSSR count). The third-order valence-corrected chi connectivity index (χ3v) is 4.03. The number of aryl methyl sites for hydroxylation is 1. The van der Waals surface area contributed by atoms with E-state index in [0.29, 0.717) is 23.4 Å². The van der Waals surface area contributed by atoms with Gasteiger partial charge in [0.05, 0.1) is 17.5 Å². The second kappa shape index (κ2) is 6.40. The van der Waals surface area contributed by atoms with Crippen LogP contribution in [0.15, 0.2) is 58.4 Å². The number of rotatable bonds is 3. The highest BCUT2D eigenvalue weighted by molar-refractivity contribution is 5.78. The molecule has 0 spiro atoms. The molecule has 8 heteroatoms. The first-order valence-electron chi connectivity index (χ1n) is 7.85. The Bertz CT molecular complexity index is 1150. The molecule has 0 aliphatic carbocycles. The van der Waals surface area contributed by atoms with Gasteiger partial charge in [-0.05, 0) is 29.8 Å². The number of hydrogen-bond acceptors (Lipinski definition) is 6. The Kier molecular flexibility index (Phi) is 3.92. The molecular weight excluding hydrogens is 337 g/mol. The van der Waals surface area contributed by atoms with Gasteiger partial charge in [-0.1, -0.05) is 17.3 Å². The summed E-state index contributed by atoms with van der Waals surface area (Å²) in [5.41, 5.74) is 2.64. The zero-order chi connectivity index (χ0) is 18.1. The summed E-state index contributed by atoms with van der Waals surface area (Å²) >= 11 is 0. The van der Waals surface area contributed by atoms with Crippen molar-refractivity contribution in [2.24, 2.45) is 12.2 Å². The Labute approximate surface area is 147 Å². The highest BCUT2D eigenvalue weighted by Crippen LogP contribution is 2.19. The zero-order valence-electron chi connectivity index (χ0n) is 13.8. The van der Waals surface area contributed by atoms with Gasteiger partial charge < -0.3 is 14.2 Å². The minimum absolute atomic E-state index is 0.220. The topological polar surface area (TPSA) is 89.3 Å². The predicted octanol–water partition coefficient (Wildman–Crippen LogP) is 2.64. The molecule has 0 fully saturated rings. The lowest BCUT2D eigenvalue weighted by Gasteiger charge is -2.07. The standard InChI is InChI=1S/C18H14FN5O2/c1-24-10-13(16(23-25)17-14(24)3-2-8-20-17)18-22-21-15(26-18)9-11-4-6-12(19)7-5-11/h2-8,10,25H,9H2,1H3/b23-16-. The number of nitrogens with zero attached hydrogens (tertiary/aromatic N) is 5. The van der Waals surface area contributed by atoms with Gasteiger partial charge in [0.1, 0.15) is 16.7 Å². The van der Waals surface area contributed by atoms with E-state index in [9.17, 15) is 9.60 Å². The molecule has 0 aliphatic heterocycles. The van der Waals surface area contributed by atoms with Crippen LogP contribution in [0.1, 0.15) is 11.5 Å². The molecule has 3 heterocycles. The maximum Gasteiger partial charge on any atom is 0.251 e. The first-order chi connectivity index (χ1) is 12.7. The smallest absolute Gasteiger partial charge is 0.251 e. The summed E-state index contributed by atoms with van der Waals surface area (Å²) in [4.78, 5) is 4.28. The predicted molar refractivity (Wildman–Crippen MR) is 90.6 cm³/mol. The van der Waals surface area contributed by atoms with E-state index in [-0.39, 0.29) is 17.1 Å². The summed E-state index contributed by atoms with van der Waals surface area (Å²) in [6.45, 7) is 0. The zero-order valence-corrected chi connectivity index (χ0v) is 13.8. The van der Waals surface area contributed by atoms with E-state index in [2.05, 4.69) is 20.3 Å². The van der Waals surface area contributed by atoms with Crippen molar-refractivity contribution in [2.45, 2.75) is 6.42 Å². The molecule has 0 saturated carbocycles. The van der Waals surface area contributed by atoms with Crippen LogP contribution in [0.3, 0.4) is 0 Å². The third kappa shape index (κ3) is 2.81. The summed E-state index contributed by atoms with van der Waals surface area (Å²) < 4.78 is 20.6. The van der Waals surface area contributed by atoms with Crippen molar-refractivity contribution in [3.63, 3.8) is 0 Å². The van der Waals surface area contributed by atoms with Gasteiger partial charge in [-0.15, -0.1) is 10.2 Å². The van der Waals surface area contributed by atoms with Crippen LogP contribution in [0.2, 0.25) is 0 Å². The SMILES string of the molecule is Cn1cc(-c2nnc(Cc3ccc(F)cc3)o2)/c(=N/O)c2ncccc21. The van der Waals surface area contributed by atoms with E-state index in [1.54, 1.807) is 30.6 Å². The van der Waals surface area contributed by atoms with Gasteiger partial charge in [0.2, 0.25) is 5.89 Å². The van der Waals surface area contributed by atoms with E-state index < -0.39 is 0 Å². The van der Waals surface area contributed by atoms with Gasteiger partial charge in [0.25, 0.3) is 5.89 Å². The molecule has 0 unspecified atom stereocenters.